The van der Waals surface area contributed by atoms with Crippen molar-refractivity contribution in [3.8, 4) is 0 Å². The lowest BCUT2D eigenvalue weighted by atomic mass is 9.93. The number of hydrogen-bond donors (Lipinski definition) is 1. The molecular weight excluding hydrogens is 556 g/mol. The third-order valence-corrected chi connectivity index (χ3v) is 9.16. The Kier molecular flexibility index (Phi) is 13.2. The smallest absolute Gasteiger partial charge is 0.321 e. The first kappa shape index (κ1) is 33.3. The molecule has 9 heteroatoms. The number of para-hydroxylation sites is 1. The van der Waals surface area contributed by atoms with Crippen LogP contribution in [-0.4, -0.2) is 88.8 Å². The van der Waals surface area contributed by atoms with Gasteiger partial charge in [-0.3, -0.25) is 9.80 Å². The molecule has 1 N–H and O–H groups in total. The number of carbonyl (C=O) groups is 1. The molecule has 1 fully saturated rings. The Balaban J connectivity index is 1.27. The van der Waals surface area contributed by atoms with Gasteiger partial charge in [0.15, 0.2) is 11.2 Å². The fourth-order valence-corrected chi connectivity index (χ4v) is 6.50. The molecule has 2 aromatic heterocycles. The van der Waals surface area contributed by atoms with Crippen molar-refractivity contribution in [3.63, 3.8) is 0 Å². The highest BCUT2D eigenvalue weighted by Gasteiger charge is 2.22. The van der Waals surface area contributed by atoms with E-state index in [4.69, 9.17) is 4.42 Å². The molecule has 1 aromatic carbocycles. The van der Waals surface area contributed by atoms with Gasteiger partial charge in [-0.15, -0.1) is 0 Å². The summed E-state index contributed by atoms with van der Waals surface area (Å²) in [5, 5.41) is 4.07. The first-order valence-corrected chi connectivity index (χ1v) is 17.3. The Morgan fingerprint density at radius 3 is 2.26 bits per heavy atom. The summed E-state index contributed by atoms with van der Waals surface area (Å²) in [5.41, 5.74) is 4.85. The topological polar surface area (TPSA) is 77.7 Å². The molecule has 3 heterocycles. The summed E-state index contributed by atoms with van der Waals surface area (Å²) in [6.07, 6.45) is 7.70. The number of nitrogens with zero attached hydrogens (tertiary/aromatic N) is 5. The maximum absolute atomic E-state index is 13.8. The second-order valence-corrected chi connectivity index (χ2v) is 13.3. The molecule has 43 heavy (non-hydrogen) atoms. The van der Waals surface area contributed by atoms with Crippen LogP contribution in [-0.2, 0) is 0 Å². The highest BCUT2D eigenvalue weighted by atomic mass is 32.2. The Morgan fingerprint density at radius 1 is 0.930 bits per heavy atom. The monoisotopic (exact) mass is 608 g/mol. The van der Waals surface area contributed by atoms with E-state index >= 15 is 0 Å². The Labute approximate surface area is 263 Å². The zero-order valence-electron chi connectivity index (χ0n) is 27.0. The second kappa shape index (κ2) is 17.0. The van der Waals surface area contributed by atoms with Gasteiger partial charge in [0.2, 0.25) is 0 Å². The van der Waals surface area contributed by atoms with Gasteiger partial charge in [-0.25, -0.2) is 9.78 Å². The number of oxazole rings is 1. The SMILES string of the molecule is CCCCCCCN(CCN1CCN(CCSc2nc3ncccc3o2)CC1)C(=O)Nc1c(C(C)C)cccc1C(C)C. The number of urea groups is 1. The van der Waals surface area contributed by atoms with E-state index in [0.717, 1.165) is 75.8 Å². The summed E-state index contributed by atoms with van der Waals surface area (Å²) in [6.45, 7) is 18.6. The van der Waals surface area contributed by atoms with Crippen LogP contribution in [0.4, 0.5) is 10.5 Å². The second-order valence-electron chi connectivity index (χ2n) is 12.3. The van der Waals surface area contributed by atoms with E-state index in [2.05, 4.69) is 82.8 Å². The van der Waals surface area contributed by atoms with Crippen molar-refractivity contribution >= 4 is 34.7 Å². The van der Waals surface area contributed by atoms with E-state index in [0.29, 0.717) is 22.7 Å². The van der Waals surface area contributed by atoms with Crippen molar-refractivity contribution in [3.05, 3.63) is 47.7 Å². The van der Waals surface area contributed by atoms with Crippen molar-refractivity contribution < 1.29 is 9.21 Å². The fraction of sp³-hybridized carbons (Fsp3) is 0.618. The molecule has 4 rings (SSSR count). The van der Waals surface area contributed by atoms with E-state index in [1.54, 1.807) is 18.0 Å². The summed E-state index contributed by atoms with van der Waals surface area (Å²) < 4.78 is 5.79. The molecule has 0 bridgehead atoms. The van der Waals surface area contributed by atoms with Crippen molar-refractivity contribution in [1.82, 2.24) is 24.7 Å². The van der Waals surface area contributed by atoms with E-state index in [1.807, 2.05) is 12.1 Å². The zero-order chi connectivity index (χ0) is 30.6. The van der Waals surface area contributed by atoms with Crippen LogP contribution >= 0.6 is 11.8 Å². The maximum atomic E-state index is 13.8. The summed E-state index contributed by atoms with van der Waals surface area (Å²) in [4.78, 5) is 29.6. The number of benzene rings is 1. The highest BCUT2D eigenvalue weighted by Crippen LogP contribution is 2.32. The third kappa shape index (κ3) is 9.95. The van der Waals surface area contributed by atoms with Gasteiger partial charge in [-0.1, -0.05) is 90.3 Å². The molecule has 0 aliphatic carbocycles. The van der Waals surface area contributed by atoms with Crippen LogP contribution in [0.25, 0.3) is 11.2 Å². The number of pyridine rings is 1. The lowest BCUT2D eigenvalue weighted by Gasteiger charge is -2.36. The zero-order valence-corrected chi connectivity index (χ0v) is 27.8. The lowest BCUT2D eigenvalue weighted by Crippen LogP contribution is -2.49. The minimum atomic E-state index is 0.0375. The normalized spacial score (nSPS) is 14.7. The summed E-state index contributed by atoms with van der Waals surface area (Å²) in [5.74, 6) is 1.63. The molecule has 1 saturated heterocycles. The standard InChI is InChI=1S/C34H52N6O2S/c1-6-7-8-9-10-17-40(33(41)36-31-28(26(2)3)13-11-14-29(31)27(4)5)23-22-38-18-20-39(21-19-38)24-25-43-34-37-32-30(42-34)15-12-16-35-32/h11-16,26-27H,6-10,17-25H2,1-5H3,(H,36,41). The lowest BCUT2D eigenvalue weighted by molar-refractivity contribution is 0.127. The van der Waals surface area contributed by atoms with Crippen molar-refractivity contribution in [2.24, 2.45) is 0 Å². The van der Waals surface area contributed by atoms with Gasteiger partial charge in [-0.05, 0) is 41.5 Å². The first-order valence-electron chi connectivity index (χ1n) is 16.3. The Hall–Kier alpha value is -2.62. The molecular formula is C34H52N6O2S. The van der Waals surface area contributed by atoms with Gasteiger partial charge in [0.05, 0.1) is 0 Å². The van der Waals surface area contributed by atoms with Gasteiger partial charge in [0, 0.05) is 70.0 Å². The number of amides is 2. The molecule has 0 atom stereocenters. The molecule has 0 saturated carbocycles. The van der Waals surface area contributed by atoms with Crippen LogP contribution in [0.15, 0.2) is 46.2 Å². The Morgan fingerprint density at radius 2 is 1.60 bits per heavy atom. The van der Waals surface area contributed by atoms with Crippen LogP contribution < -0.4 is 5.32 Å². The van der Waals surface area contributed by atoms with Crippen molar-refractivity contribution in [2.75, 3.05) is 63.4 Å². The molecule has 0 radical (unpaired) electrons. The maximum Gasteiger partial charge on any atom is 0.321 e. The van der Waals surface area contributed by atoms with Gasteiger partial charge in [0.25, 0.3) is 5.22 Å². The van der Waals surface area contributed by atoms with Crippen molar-refractivity contribution in [2.45, 2.75) is 83.8 Å². The van der Waals surface area contributed by atoms with Gasteiger partial charge in [-0.2, -0.15) is 4.98 Å². The minimum absolute atomic E-state index is 0.0375. The van der Waals surface area contributed by atoms with Crippen molar-refractivity contribution in [1.29, 1.82) is 0 Å². The molecule has 236 valence electrons. The Bertz CT molecular complexity index is 1210. The van der Waals surface area contributed by atoms with E-state index in [-0.39, 0.29) is 6.03 Å². The number of carbonyl (C=O) groups excluding carboxylic acids is 1. The number of piperazine rings is 1. The van der Waals surface area contributed by atoms with Crippen LogP contribution in [0.2, 0.25) is 0 Å². The summed E-state index contributed by atoms with van der Waals surface area (Å²) >= 11 is 1.65. The summed E-state index contributed by atoms with van der Waals surface area (Å²) in [6, 6.07) is 10.2. The van der Waals surface area contributed by atoms with Crippen LogP contribution in [0, 0.1) is 0 Å². The van der Waals surface area contributed by atoms with Gasteiger partial charge < -0.3 is 14.6 Å². The van der Waals surface area contributed by atoms with Crippen LogP contribution in [0.1, 0.15) is 89.7 Å². The number of anilines is 1. The number of rotatable bonds is 16. The molecule has 1 aliphatic heterocycles. The quantitative estimate of drug-likeness (QED) is 0.132. The minimum Gasteiger partial charge on any atom is -0.430 e. The van der Waals surface area contributed by atoms with E-state index < -0.39 is 0 Å². The summed E-state index contributed by atoms with van der Waals surface area (Å²) in [7, 11) is 0. The van der Waals surface area contributed by atoms with Gasteiger partial charge >= 0.3 is 6.03 Å². The highest BCUT2D eigenvalue weighted by molar-refractivity contribution is 7.99. The molecule has 3 aromatic rings. The van der Waals surface area contributed by atoms with Crippen LogP contribution in [0.5, 0.6) is 0 Å². The number of nitrogens with one attached hydrogen (secondary N) is 1. The first-order chi connectivity index (χ1) is 20.9. The number of thioether (sulfide) groups is 1. The van der Waals surface area contributed by atoms with E-state index in [9.17, 15) is 4.79 Å². The molecule has 0 unspecified atom stereocenters. The molecule has 1 aliphatic rings. The molecule has 2 amide bonds. The predicted molar refractivity (Wildman–Crippen MR) is 179 cm³/mol. The number of hydrogen-bond acceptors (Lipinski definition) is 7. The van der Waals surface area contributed by atoms with E-state index in [1.165, 1.54) is 36.8 Å². The van der Waals surface area contributed by atoms with Gasteiger partial charge in [0.1, 0.15) is 0 Å². The largest absolute Gasteiger partial charge is 0.430 e. The number of unbranched alkanes of at least 4 members (excludes halogenated alkanes) is 4. The third-order valence-electron chi connectivity index (χ3n) is 8.35. The molecule has 8 nitrogen and oxygen atoms in total. The predicted octanol–water partition coefficient (Wildman–Crippen LogP) is 7.68. The fourth-order valence-electron chi connectivity index (χ4n) is 5.67. The number of fused-ring (bicyclic) bond motifs is 1. The molecule has 0 spiro atoms. The number of aromatic nitrogens is 2. The average molecular weight is 609 g/mol. The average Bonchev–Trinajstić information content (AvgIpc) is 3.42. The van der Waals surface area contributed by atoms with Crippen LogP contribution in [0.3, 0.4) is 0 Å².